The summed E-state index contributed by atoms with van der Waals surface area (Å²) >= 11 is 0. The Morgan fingerprint density at radius 2 is 2.14 bits per heavy atom. The minimum Gasteiger partial charge on any atom is -0.443 e. The lowest BCUT2D eigenvalue weighted by atomic mass is 10.1. The molecule has 1 fully saturated rings. The van der Waals surface area contributed by atoms with Crippen LogP contribution in [0.3, 0.4) is 0 Å². The predicted octanol–water partition coefficient (Wildman–Crippen LogP) is 3.53. The van der Waals surface area contributed by atoms with Crippen LogP contribution in [0.4, 0.5) is 0 Å². The Morgan fingerprint density at radius 1 is 1.32 bits per heavy atom. The van der Waals surface area contributed by atoms with Gasteiger partial charge in [-0.3, -0.25) is 4.79 Å². The van der Waals surface area contributed by atoms with Crippen molar-refractivity contribution in [2.24, 2.45) is 0 Å². The van der Waals surface area contributed by atoms with E-state index in [-0.39, 0.29) is 17.8 Å². The van der Waals surface area contributed by atoms with Crippen molar-refractivity contribution < 1.29 is 19.1 Å². The van der Waals surface area contributed by atoms with Crippen molar-refractivity contribution in [2.45, 2.75) is 51.9 Å². The van der Waals surface area contributed by atoms with Crippen molar-refractivity contribution in [3.63, 3.8) is 0 Å². The molecule has 0 radical (unpaired) electrons. The van der Waals surface area contributed by atoms with Gasteiger partial charge in [-0.05, 0) is 57.2 Å². The van der Waals surface area contributed by atoms with Gasteiger partial charge in [-0.1, -0.05) is 35.7 Å². The van der Waals surface area contributed by atoms with Gasteiger partial charge >= 0.3 is 0 Å². The molecule has 3 rings (SSSR count). The van der Waals surface area contributed by atoms with Gasteiger partial charge in [-0.15, -0.1) is 0 Å². The van der Waals surface area contributed by atoms with E-state index in [0.717, 1.165) is 30.6 Å². The van der Waals surface area contributed by atoms with Crippen LogP contribution in [-0.4, -0.2) is 40.8 Å². The largest absolute Gasteiger partial charge is 0.443 e. The first-order valence-corrected chi connectivity index (χ1v) is 9.62. The zero-order chi connectivity index (χ0) is 20.1. The summed E-state index contributed by atoms with van der Waals surface area (Å²) in [5, 5.41) is 9.72. The summed E-state index contributed by atoms with van der Waals surface area (Å²) in [6.45, 7) is 6.99. The molecule has 1 saturated heterocycles. The molecule has 1 aliphatic heterocycles. The molecule has 5 nitrogen and oxygen atoms in total. The Bertz CT molecular complexity index is 876. The standard InChI is InChI=1S/C23H27NO4/c1-17-6-4-7-18(14-17)15-24(16-20-8-5-13-27-20)22(25)21-10-9-19(28-21)11-12-23(2,3)26/h4,6-7,9-10,14,20,26H,5,8,13,15-16H2,1-3H3. The van der Waals surface area contributed by atoms with Crippen LogP contribution in [0.25, 0.3) is 0 Å². The average Bonchev–Trinajstić information content (AvgIpc) is 3.30. The highest BCUT2D eigenvalue weighted by molar-refractivity contribution is 5.91. The van der Waals surface area contributed by atoms with Crippen LogP contribution in [0.1, 0.15) is 54.1 Å². The van der Waals surface area contributed by atoms with Gasteiger partial charge in [0.2, 0.25) is 0 Å². The van der Waals surface area contributed by atoms with Crippen LogP contribution in [0.15, 0.2) is 40.8 Å². The van der Waals surface area contributed by atoms with Crippen LogP contribution in [-0.2, 0) is 11.3 Å². The number of furan rings is 1. The molecule has 1 aromatic carbocycles. The van der Waals surface area contributed by atoms with E-state index < -0.39 is 5.60 Å². The summed E-state index contributed by atoms with van der Waals surface area (Å²) in [6, 6.07) is 11.4. The molecule has 2 aromatic rings. The molecule has 148 valence electrons. The summed E-state index contributed by atoms with van der Waals surface area (Å²) in [4.78, 5) is 14.9. The minimum atomic E-state index is -1.12. The van der Waals surface area contributed by atoms with Gasteiger partial charge in [0.25, 0.3) is 5.91 Å². The summed E-state index contributed by atoms with van der Waals surface area (Å²) in [5.74, 6) is 5.87. The molecule has 1 amide bonds. The molecule has 28 heavy (non-hydrogen) atoms. The second-order valence-electron chi connectivity index (χ2n) is 7.78. The van der Waals surface area contributed by atoms with Crippen LogP contribution >= 0.6 is 0 Å². The van der Waals surface area contributed by atoms with Crippen molar-refractivity contribution in [3.05, 3.63) is 59.0 Å². The van der Waals surface area contributed by atoms with Crippen LogP contribution in [0.5, 0.6) is 0 Å². The Morgan fingerprint density at radius 3 is 2.82 bits per heavy atom. The maximum Gasteiger partial charge on any atom is 0.290 e. The molecular weight excluding hydrogens is 354 g/mol. The third-order valence-electron chi connectivity index (χ3n) is 4.50. The number of carbonyl (C=O) groups excluding carboxylic acids is 1. The quantitative estimate of drug-likeness (QED) is 0.805. The number of hydrogen-bond donors (Lipinski definition) is 1. The number of carbonyl (C=O) groups is 1. The van der Waals surface area contributed by atoms with E-state index in [1.807, 2.05) is 25.1 Å². The molecule has 0 saturated carbocycles. The van der Waals surface area contributed by atoms with E-state index in [1.165, 1.54) is 0 Å². The van der Waals surface area contributed by atoms with Gasteiger partial charge in [-0.25, -0.2) is 0 Å². The summed E-state index contributed by atoms with van der Waals surface area (Å²) in [5.41, 5.74) is 1.11. The first kappa shape index (κ1) is 20.2. The zero-order valence-corrected chi connectivity index (χ0v) is 16.7. The second-order valence-corrected chi connectivity index (χ2v) is 7.78. The molecule has 5 heteroatoms. The molecule has 0 bridgehead atoms. The number of ether oxygens (including phenoxy) is 1. The third kappa shape index (κ3) is 5.72. The van der Waals surface area contributed by atoms with E-state index in [9.17, 15) is 9.90 Å². The van der Waals surface area contributed by atoms with Gasteiger partial charge in [0.05, 0.1) is 6.10 Å². The first-order chi connectivity index (χ1) is 13.3. The highest BCUT2D eigenvalue weighted by Gasteiger charge is 2.25. The van der Waals surface area contributed by atoms with Crippen molar-refractivity contribution in [1.29, 1.82) is 0 Å². The fourth-order valence-corrected chi connectivity index (χ4v) is 3.17. The Balaban J connectivity index is 1.79. The predicted molar refractivity (Wildman–Crippen MR) is 107 cm³/mol. The Hall–Kier alpha value is -2.55. The summed E-state index contributed by atoms with van der Waals surface area (Å²) < 4.78 is 11.4. The van der Waals surface area contributed by atoms with E-state index in [2.05, 4.69) is 17.9 Å². The van der Waals surface area contributed by atoms with Gasteiger partial charge in [0.15, 0.2) is 11.5 Å². The number of aryl methyl sites for hydroxylation is 1. The van der Waals surface area contributed by atoms with Crippen molar-refractivity contribution in [1.82, 2.24) is 4.90 Å². The maximum atomic E-state index is 13.1. The molecule has 2 heterocycles. The molecule has 1 unspecified atom stereocenters. The lowest BCUT2D eigenvalue weighted by Crippen LogP contribution is -2.36. The Labute approximate surface area is 166 Å². The fraction of sp³-hybridized carbons (Fsp3) is 0.435. The van der Waals surface area contributed by atoms with E-state index in [1.54, 1.807) is 30.9 Å². The van der Waals surface area contributed by atoms with Gasteiger partial charge in [0.1, 0.15) is 5.60 Å². The van der Waals surface area contributed by atoms with Gasteiger partial charge < -0.3 is 19.2 Å². The van der Waals surface area contributed by atoms with Crippen LogP contribution < -0.4 is 0 Å². The number of benzene rings is 1. The SMILES string of the molecule is Cc1cccc(CN(CC2CCCO2)C(=O)c2ccc(C#CC(C)(C)O)o2)c1. The number of rotatable bonds is 5. The molecule has 0 spiro atoms. The van der Waals surface area contributed by atoms with Crippen molar-refractivity contribution in [3.8, 4) is 11.8 Å². The Kier molecular flexibility index (Phi) is 6.23. The molecule has 1 N–H and O–H groups in total. The normalized spacial score (nSPS) is 16.5. The first-order valence-electron chi connectivity index (χ1n) is 9.62. The fourth-order valence-electron chi connectivity index (χ4n) is 3.17. The molecule has 1 aromatic heterocycles. The number of amides is 1. The summed E-state index contributed by atoms with van der Waals surface area (Å²) in [6.07, 6.45) is 2.03. The smallest absolute Gasteiger partial charge is 0.290 e. The molecule has 1 atom stereocenters. The topological polar surface area (TPSA) is 62.9 Å². The maximum absolute atomic E-state index is 13.1. The average molecular weight is 381 g/mol. The van der Waals surface area contributed by atoms with Crippen LogP contribution in [0, 0.1) is 18.8 Å². The highest BCUT2D eigenvalue weighted by atomic mass is 16.5. The zero-order valence-electron chi connectivity index (χ0n) is 16.7. The molecule has 1 aliphatic rings. The van der Waals surface area contributed by atoms with Crippen molar-refractivity contribution >= 4 is 5.91 Å². The summed E-state index contributed by atoms with van der Waals surface area (Å²) in [7, 11) is 0. The van der Waals surface area contributed by atoms with Crippen molar-refractivity contribution in [2.75, 3.05) is 13.2 Å². The third-order valence-corrected chi connectivity index (χ3v) is 4.50. The minimum absolute atomic E-state index is 0.0539. The molecular formula is C23H27NO4. The second kappa shape index (κ2) is 8.64. The number of hydrogen-bond acceptors (Lipinski definition) is 4. The van der Waals surface area contributed by atoms with E-state index >= 15 is 0 Å². The van der Waals surface area contributed by atoms with E-state index in [0.29, 0.717) is 18.8 Å². The highest BCUT2D eigenvalue weighted by Crippen LogP contribution is 2.19. The van der Waals surface area contributed by atoms with Crippen LogP contribution in [0.2, 0.25) is 0 Å². The number of aliphatic hydroxyl groups is 1. The lowest BCUT2D eigenvalue weighted by molar-refractivity contribution is 0.0483. The lowest BCUT2D eigenvalue weighted by Gasteiger charge is -2.25. The molecule has 0 aliphatic carbocycles. The van der Waals surface area contributed by atoms with E-state index in [4.69, 9.17) is 9.15 Å². The monoisotopic (exact) mass is 381 g/mol. The number of nitrogens with zero attached hydrogens (tertiary/aromatic N) is 1. The van der Waals surface area contributed by atoms with Gasteiger partial charge in [-0.2, -0.15) is 0 Å². The van der Waals surface area contributed by atoms with Gasteiger partial charge in [0, 0.05) is 19.7 Å².